The second kappa shape index (κ2) is 3.38. The van der Waals surface area contributed by atoms with Crippen LogP contribution in [0.1, 0.15) is 23.1 Å². The first-order chi connectivity index (χ1) is 7.40. The molecule has 1 aliphatic carbocycles. The van der Waals surface area contributed by atoms with Gasteiger partial charge >= 0.3 is 0 Å². The monoisotopic (exact) mass is 202 g/mol. The van der Waals surface area contributed by atoms with Gasteiger partial charge in [0.15, 0.2) is 0 Å². The molecule has 0 saturated carbocycles. The summed E-state index contributed by atoms with van der Waals surface area (Å²) in [7, 11) is 0. The molecule has 3 rings (SSSR count). The molecule has 1 heterocycles. The predicted octanol–water partition coefficient (Wildman–Crippen LogP) is 1.94. The largest absolute Gasteiger partial charge is 0.493 e. The molecule has 0 amide bonds. The highest BCUT2D eigenvalue weighted by atomic mass is 16.5. The Morgan fingerprint density at radius 2 is 2.20 bits per heavy atom. The first-order valence-electron chi connectivity index (χ1n) is 5.48. The van der Waals surface area contributed by atoms with Crippen molar-refractivity contribution in [3.63, 3.8) is 0 Å². The van der Waals surface area contributed by atoms with Crippen molar-refractivity contribution in [2.45, 2.75) is 19.3 Å². The molecule has 1 aliphatic heterocycles. The van der Waals surface area contributed by atoms with E-state index in [9.17, 15) is 0 Å². The molecule has 0 fully saturated rings. The van der Waals surface area contributed by atoms with E-state index in [0.717, 1.165) is 31.6 Å². The smallest absolute Gasteiger partial charge is 0.123 e. The van der Waals surface area contributed by atoms with E-state index in [1.807, 2.05) is 6.08 Å². The molecule has 0 bridgehead atoms. The fourth-order valence-electron chi connectivity index (χ4n) is 2.64. The summed E-state index contributed by atoms with van der Waals surface area (Å²) in [4.78, 5) is 0. The van der Waals surface area contributed by atoms with E-state index in [0.29, 0.717) is 0 Å². The molecule has 0 aromatic heterocycles. The standard InChI is InChI=1S/C13H14O2/c14-7-5-10-2-1-9-3-4-12-11(13(9)10)6-8-15-12/h3-5,14H,1-2,6-8H2/b10-5+. The summed E-state index contributed by atoms with van der Waals surface area (Å²) in [5.41, 5.74) is 5.43. The molecule has 0 spiro atoms. The highest BCUT2D eigenvalue weighted by Gasteiger charge is 2.24. The number of benzene rings is 1. The maximum Gasteiger partial charge on any atom is 0.123 e. The Bertz CT molecular complexity index is 432. The molecule has 2 aliphatic rings. The van der Waals surface area contributed by atoms with Gasteiger partial charge in [0.05, 0.1) is 13.2 Å². The second-order valence-corrected chi connectivity index (χ2v) is 4.09. The number of hydrogen-bond acceptors (Lipinski definition) is 2. The van der Waals surface area contributed by atoms with Crippen molar-refractivity contribution in [1.29, 1.82) is 0 Å². The summed E-state index contributed by atoms with van der Waals surface area (Å²) in [6.45, 7) is 0.942. The fraction of sp³-hybridized carbons (Fsp3) is 0.385. The van der Waals surface area contributed by atoms with Crippen molar-refractivity contribution < 1.29 is 9.84 Å². The highest BCUT2D eigenvalue weighted by molar-refractivity contribution is 5.77. The lowest BCUT2D eigenvalue weighted by Crippen LogP contribution is -1.90. The summed E-state index contributed by atoms with van der Waals surface area (Å²) in [6.07, 6.45) is 5.12. The summed E-state index contributed by atoms with van der Waals surface area (Å²) < 4.78 is 5.56. The fourth-order valence-corrected chi connectivity index (χ4v) is 2.64. The molecule has 0 atom stereocenters. The molecule has 1 aromatic rings. The molecule has 1 N–H and O–H groups in total. The third-order valence-electron chi connectivity index (χ3n) is 3.29. The second-order valence-electron chi connectivity index (χ2n) is 4.09. The first kappa shape index (κ1) is 8.98. The van der Waals surface area contributed by atoms with Crippen molar-refractivity contribution in [2.75, 3.05) is 13.2 Å². The van der Waals surface area contributed by atoms with Crippen molar-refractivity contribution in [2.24, 2.45) is 0 Å². The number of aliphatic hydroxyl groups excluding tert-OH is 1. The van der Waals surface area contributed by atoms with Gasteiger partial charge in [-0.2, -0.15) is 0 Å². The zero-order valence-electron chi connectivity index (χ0n) is 8.62. The average Bonchev–Trinajstić information content (AvgIpc) is 2.83. The highest BCUT2D eigenvalue weighted by Crippen LogP contribution is 2.40. The van der Waals surface area contributed by atoms with Gasteiger partial charge in [0.1, 0.15) is 5.75 Å². The third-order valence-corrected chi connectivity index (χ3v) is 3.29. The third kappa shape index (κ3) is 1.29. The lowest BCUT2D eigenvalue weighted by Gasteiger charge is -2.07. The minimum Gasteiger partial charge on any atom is -0.493 e. The van der Waals surface area contributed by atoms with Gasteiger partial charge in [0, 0.05) is 12.0 Å². The normalized spacial score (nSPS) is 20.2. The molecule has 0 radical (unpaired) electrons. The number of aryl methyl sites for hydroxylation is 1. The zero-order chi connectivity index (χ0) is 10.3. The molecule has 2 heteroatoms. The van der Waals surface area contributed by atoms with E-state index in [1.54, 1.807) is 0 Å². The molecule has 1 aromatic carbocycles. The SMILES string of the molecule is OC/C=C1\CCc2ccc3c(c21)CCO3. The van der Waals surface area contributed by atoms with Crippen molar-refractivity contribution in [3.05, 3.63) is 34.9 Å². The minimum atomic E-state index is 0.138. The summed E-state index contributed by atoms with van der Waals surface area (Å²) in [5, 5.41) is 8.99. The van der Waals surface area contributed by atoms with Crippen LogP contribution in [-0.4, -0.2) is 18.3 Å². The van der Waals surface area contributed by atoms with E-state index in [-0.39, 0.29) is 6.61 Å². The van der Waals surface area contributed by atoms with Gasteiger partial charge in [0.2, 0.25) is 0 Å². The van der Waals surface area contributed by atoms with Crippen LogP contribution in [0.5, 0.6) is 5.75 Å². The number of rotatable bonds is 1. The van der Waals surface area contributed by atoms with Gasteiger partial charge in [-0.1, -0.05) is 12.1 Å². The predicted molar refractivity (Wildman–Crippen MR) is 59.0 cm³/mol. The molecule has 15 heavy (non-hydrogen) atoms. The van der Waals surface area contributed by atoms with Crippen LogP contribution in [0.3, 0.4) is 0 Å². The van der Waals surface area contributed by atoms with Gasteiger partial charge < -0.3 is 9.84 Å². The van der Waals surface area contributed by atoms with Crippen molar-refractivity contribution in [1.82, 2.24) is 0 Å². The minimum absolute atomic E-state index is 0.138. The van der Waals surface area contributed by atoms with Crippen molar-refractivity contribution >= 4 is 5.57 Å². The van der Waals surface area contributed by atoms with Crippen LogP contribution < -0.4 is 4.74 Å². The number of fused-ring (bicyclic) bond motifs is 3. The topological polar surface area (TPSA) is 29.5 Å². The van der Waals surface area contributed by atoms with Crippen LogP contribution in [-0.2, 0) is 12.8 Å². The van der Waals surface area contributed by atoms with Gasteiger partial charge in [0.25, 0.3) is 0 Å². The van der Waals surface area contributed by atoms with E-state index in [1.165, 1.54) is 22.3 Å². The summed E-state index contributed by atoms with van der Waals surface area (Å²) in [5.74, 6) is 1.04. The Morgan fingerprint density at radius 1 is 1.27 bits per heavy atom. The Balaban J connectivity index is 2.18. The quantitative estimate of drug-likeness (QED) is 0.754. The maximum absolute atomic E-state index is 8.99. The Labute approximate surface area is 89.2 Å². The van der Waals surface area contributed by atoms with E-state index >= 15 is 0 Å². The van der Waals surface area contributed by atoms with Gasteiger partial charge in [-0.15, -0.1) is 0 Å². The maximum atomic E-state index is 8.99. The average molecular weight is 202 g/mol. The lowest BCUT2D eigenvalue weighted by molar-refractivity contribution is 0.343. The van der Waals surface area contributed by atoms with Crippen LogP contribution in [0, 0.1) is 0 Å². The molecule has 0 unspecified atom stereocenters. The van der Waals surface area contributed by atoms with Gasteiger partial charge in [-0.25, -0.2) is 0 Å². The van der Waals surface area contributed by atoms with Crippen molar-refractivity contribution in [3.8, 4) is 5.75 Å². The molecular weight excluding hydrogens is 188 g/mol. The Morgan fingerprint density at radius 3 is 3.07 bits per heavy atom. The lowest BCUT2D eigenvalue weighted by atomic mass is 9.98. The van der Waals surface area contributed by atoms with Crippen LogP contribution in [0.4, 0.5) is 0 Å². The van der Waals surface area contributed by atoms with Crippen LogP contribution in [0.15, 0.2) is 18.2 Å². The van der Waals surface area contributed by atoms with Crippen LogP contribution in [0.2, 0.25) is 0 Å². The number of aliphatic hydroxyl groups is 1. The number of ether oxygens (including phenoxy) is 1. The molecular formula is C13H14O2. The molecule has 2 nitrogen and oxygen atoms in total. The van der Waals surface area contributed by atoms with Crippen LogP contribution in [0.25, 0.3) is 5.57 Å². The Kier molecular flexibility index (Phi) is 2.03. The Hall–Kier alpha value is -1.28. The van der Waals surface area contributed by atoms with E-state index in [2.05, 4.69) is 12.1 Å². The first-order valence-corrected chi connectivity index (χ1v) is 5.48. The molecule has 78 valence electrons. The molecule has 0 saturated heterocycles. The van der Waals surface area contributed by atoms with Gasteiger partial charge in [-0.3, -0.25) is 0 Å². The number of hydrogen-bond donors (Lipinski definition) is 1. The summed E-state index contributed by atoms with van der Waals surface area (Å²) in [6, 6.07) is 4.25. The van der Waals surface area contributed by atoms with Gasteiger partial charge in [-0.05, 0) is 35.6 Å². The zero-order valence-corrected chi connectivity index (χ0v) is 8.62. The van der Waals surface area contributed by atoms with E-state index < -0.39 is 0 Å². The summed E-state index contributed by atoms with van der Waals surface area (Å²) >= 11 is 0. The van der Waals surface area contributed by atoms with E-state index in [4.69, 9.17) is 9.84 Å². The number of allylic oxidation sites excluding steroid dienone is 1. The van der Waals surface area contributed by atoms with Crippen LogP contribution >= 0.6 is 0 Å².